The minimum Gasteiger partial charge on any atom is -0.337 e. The average molecular weight is 286 g/mol. The summed E-state index contributed by atoms with van der Waals surface area (Å²) in [7, 11) is 4.12. The van der Waals surface area contributed by atoms with Crippen molar-refractivity contribution >= 4 is 5.91 Å². The lowest BCUT2D eigenvalue weighted by Gasteiger charge is -2.36. The van der Waals surface area contributed by atoms with Crippen LogP contribution in [0.25, 0.3) is 0 Å². The van der Waals surface area contributed by atoms with E-state index in [9.17, 15) is 4.79 Å². The zero-order chi connectivity index (χ0) is 15.2. The quantitative estimate of drug-likeness (QED) is 0.807. The summed E-state index contributed by atoms with van der Waals surface area (Å²) in [6, 6.07) is 2.16. The molecule has 2 heterocycles. The zero-order valence-electron chi connectivity index (χ0n) is 12.7. The number of hydrogen-bond donors (Lipinski definition) is 1. The van der Waals surface area contributed by atoms with Gasteiger partial charge in [0.05, 0.1) is 17.7 Å². The Labute approximate surface area is 126 Å². The first-order valence-corrected chi connectivity index (χ1v) is 7.22. The number of amides is 1. The highest BCUT2D eigenvalue weighted by atomic mass is 16.2. The van der Waals surface area contributed by atoms with Gasteiger partial charge >= 0.3 is 0 Å². The molecular formula is C16H22N4O. The number of pyridine rings is 1. The molecule has 1 amide bonds. The summed E-state index contributed by atoms with van der Waals surface area (Å²) >= 11 is 0. The highest BCUT2D eigenvalue weighted by Gasteiger charge is 2.26. The maximum absolute atomic E-state index is 12.7. The van der Waals surface area contributed by atoms with Gasteiger partial charge in [-0.05, 0) is 33.0 Å². The summed E-state index contributed by atoms with van der Waals surface area (Å²) in [6.07, 6.45) is 5.42. The van der Waals surface area contributed by atoms with Crippen LogP contribution in [0.3, 0.4) is 0 Å². The van der Waals surface area contributed by atoms with E-state index in [-0.39, 0.29) is 12.5 Å². The number of aromatic nitrogens is 1. The molecule has 2 N–H and O–H groups in total. The van der Waals surface area contributed by atoms with Gasteiger partial charge in [0.1, 0.15) is 0 Å². The molecule has 0 spiro atoms. The summed E-state index contributed by atoms with van der Waals surface area (Å²) in [6.45, 7) is 1.84. The van der Waals surface area contributed by atoms with Crippen molar-refractivity contribution in [3.8, 4) is 11.8 Å². The molecular weight excluding hydrogens is 264 g/mol. The molecule has 0 saturated carbocycles. The number of nitrogens with zero attached hydrogens (tertiary/aromatic N) is 3. The highest BCUT2D eigenvalue weighted by molar-refractivity contribution is 5.96. The standard InChI is InChI=1S/C16H22N4O/c1-19(2)14-6-4-10-20(12-14)16(21)15-7-9-18-11-13(15)5-3-8-17/h7,9,11,14H,4,6,8,10,12,17H2,1-2H3. The van der Waals surface area contributed by atoms with E-state index in [4.69, 9.17) is 5.73 Å². The Bertz CT molecular complexity index is 559. The average Bonchev–Trinajstić information content (AvgIpc) is 2.52. The summed E-state index contributed by atoms with van der Waals surface area (Å²) in [5.74, 6) is 5.75. The molecule has 1 unspecified atom stereocenters. The lowest BCUT2D eigenvalue weighted by Crippen LogP contribution is -2.47. The molecule has 1 saturated heterocycles. The van der Waals surface area contributed by atoms with Crippen LogP contribution in [0.2, 0.25) is 0 Å². The normalized spacial score (nSPS) is 18.3. The molecule has 0 aromatic carbocycles. The maximum Gasteiger partial charge on any atom is 0.255 e. The number of nitrogens with two attached hydrogens (primary N) is 1. The maximum atomic E-state index is 12.7. The van der Waals surface area contributed by atoms with Crippen molar-refractivity contribution in [1.29, 1.82) is 0 Å². The van der Waals surface area contributed by atoms with Crippen LogP contribution in [0.4, 0.5) is 0 Å². The molecule has 1 aromatic rings. The first kappa shape index (κ1) is 15.5. The van der Waals surface area contributed by atoms with Crippen molar-refractivity contribution in [1.82, 2.24) is 14.8 Å². The number of piperidine rings is 1. The Morgan fingerprint density at radius 3 is 3.10 bits per heavy atom. The van der Waals surface area contributed by atoms with E-state index in [0.29, 0.717) is 17.2 Å². The van der Waals surface area contributed by atoms with Crippen LogP contribution in [0.5, 0.6) is 0 Å². The number of likely N-dealkylation sites (N-methyl/N-ethyl adjacent to an activating group) is 1. The minimum atomic E-state index is 0.0327. The van der Waals surface area contributed by atoms with E-state index < -0.39 is 0 Å². The largest absolute Gasteiger partial charge is 0.337 e. The predicted molar refractivity (Wildman–Crippen MR) is 82.8 cm³/mol. The second-order valence-corrected chi connectivity index (χ2v) is 5.44. The van der Waals surface area contributed by atoms with Gasteiger partial charge in [-0.3, -0.25) is 9.78 Å². The Hall–Kier alpha value is -1.90. The van der Waals surface area contributed by atoms with Gasteiger partial charge in [0.2, 0.25) is 0 Å². The van der Waals surface area contributed by atoms with Crippen molar-refractivity contribution in [2.75, 3.05) is 33.7 Å². The van der Waals surface area contributed by atoms with Gasteiger partial charge in [-0.15, -0.1) is 0 Å². The lowest BCUT2D eigenvalue weighted by molar-refractivity contribution is 0.0634. The molecule has 5 heteroatoms. The van der Waals surface area contributed by atoms with Crippen LogP contribution in [0.1, 0.15) is 28.8 Å². The van der Waals surface area contributed by atoms with Gasteiger partial charge < -0.3 is 15.5 Å². The number of likely N-dealkylation sites (tertiary alicyclic amines) is 1. The molecule has 112 valence electrons. The monoisotopic (exact) mass is 286 g/mol. The van der Waals surface area contributed by atoms with Crippen LogP contribution in [-0.2, 0) is 0 Å². The topological polar surface area (TPSA) is 62.5 Å². The summed E-state index contributed by atoms with van der Waals surface area (Å²) in [5, 5.41) is 0. The lowest BCUT2D eigenvalue weighted by atomic mass is 10.0. The Kier molecular flexibility index (Phi) is 5.32. The molecule has 0 bridgehead atoms. The van der Waals surface area contributed by atoms with Gasteiger partial charge in [-0.1, -0.05) is 11.8 Å². The molecule has 0 aliphatic carbocycles. The fraction of sp³-hybridized carbons (Fsp3) is 0.500. The minimum absolute atomic E-state index is 0.0327. The van der Waals surface area contributed by atoms with E-state index in [0.717, 1.165) is 25.9 Å². The molecule has 1 aliphatic rings. The highest BCUT2D eigenvalue weighted by Crippen LogP contribution is 2.17. The van der Waals surface area contributed by atoms with Gasteiger partial charge in [0.25, 0.3) is 5.91 Å². The summed E-state index contributed by atoms with van der Waals surface area (Å²) in [5.41, 5.74) is 6.67. The van der Waals surface area contributed by atoms with Gasteiger partial charge in [-0.25, -0.2) is 0 Å². The molecule has 1 fully saturated rings. The van der Waals surface area contributed by atoms with Crippen LogP contribution in [-0.4, -0.2) is 60.5 Å². The van der Waals surface area contributed by atoms with E-state index in [1.807, 2.05) is 4.90 Å². The Morgan fingerprint density at radius 1 is 1.57 bits per heavy atom. The first-order valence-electron chi connectivity index (χ1n) is 7.22. The molecule has 1 aliphatic heterocycles. The van der Waals surface area contributed by atoms with Crippen LogP contribution in [0, 0.1) is 11.8 Å². The molecule has 1 atom stereocenters. The van der Waals surface area contributed by atoms with Crippen molar-refractivity contribution in [3.63, 3.8) is 0 Å². The second kappa shape index (κ2) is 7.21. The van der Waals surface area contributed by atoms with Gasteiger partial charge in [0, 0.05) is 31.5 Å². The Morgan fingerprint density at radius 2 is 2.38 bits per heavy atom. The zero-order valence-corrected chi connectivity index (χ0v) is 12.7. The molecule has 1 aromatic heterocycles. The van der Waals surface area contributed by atoms with Crippen molar-refractivity contribution < 1.29 is 4.79 Å². The number of carbonyl (C=O) groups is 1. The SMILES string of the molecule is CN(C)C1CCCN(C(=O)c2ccncc2C#CCN)C1. The Balaban J connectivity index is 2.20. The fourth-order valence-electron chi connectivity index (χ4n) is 2.56. The fourth-order valence-corrected chi connectivity index (χ4v) is 2.56. The number of hydrogen-bond acceptors (Lipinski definition) is 4. The van der Waals surface area contributed by atoms with E-state index >= 15 is 0 Å². The third-order valence-corrected chi connectivity index (χ3v) is 3.79. The van der Waals surface area contributed by atoms with Gasteiger partial charge in [-0.2, -0.15) is 0 Å². The summed E-state index contributed by atoms with van der Waals surface area (Å²) < 4.78 is 0. The predicted octanol–water partition coefficient (Wildman–Crippen LogP) is 0.558. The van der Waals surface area contributed by atoms with Crippen molar-refractivity contribution in [2.45, 2.75) is 18.9 Å². The second-order valence-electron chi connectivity index (χ2n) is 5.44. The van der Waals surface area contributed by atoms with E-state index in [2.05, 4.69) is 35.8 Å². The van der Waals surface area contributed by atoms with Crippen molar-refractivity contribution in [3.05, 3.63) is 29.6 Å². The summed E-state index contributed by atoms with van der Waals surface area (Å²) in [4.78, 5) is 20.9. The first-order chi connectivity index (χ1) is 10.1. The molecule has 0 radical (unpaired) electrons. The smallest absolute Gasteiger partial charge is 0.255 e. The van der Waals surface area contributed by atoms with Crippen molar-refractivity contribution in [2.24, 2.45) is 5.73 Å². The number of rotatable bonds is 2. The number of carbonyl (C=O) groups excluding carboxylic acids is 1. The van der Waals surface area contributed by atoms with E-state index in [1.54, 1.807) is 18.5 Å². The molecule has 5 nitrogen and oxygen atoms in total. The van der Waals surface area contributed by atoms with Crippen LogP contribution in [0.15, 0.2) is 18.5 Å². The molecule has 21 heavy (non-hydrogen) atoms. The van der Waals surface area contributed by atoms with Crippen LogP contribution >= 0.6 is 0 Å². The van der Waals surface area contributed by atoms with E-state index in [1.165, 1.54) is 0 Å². The third kappa shape index (κ3) is 3.81. The third-order valence-electron chi connectivity index (χ3n) is 3.79. The van der Waals surface area contributed by atoms with Gasteiger partial charge in [0.15, 0.2) is 0 Å². The van der Waals surface area contributed by atoms with Crippen LogP contribution < -0.4 is 5.73 Å². The molecule has 2 rings (SSSR count).